The van der Waals surface area contributed by atoms with Gasteiger partial charge in [-0.2, -0.15) is 0 Å². The van der Waals surface area contributed by atoms with Gasteiger partial charge < -0.3 is 14.4 Å². The molecule has 3 aromatic rings. The van der Waals surface area contributed by atoms with Crippen LogP contribution in [0.15, 0.2) is 60.9 Å². The summed E-state index contributed by atoms with van der Waals surface area (Å²) < 4.78 is 11.6. The third-order valence-corrected chi connectivity index (χ3v) is 7.25. The maximum absolute atomic E-state index is 14.2. The fraction of sp³-hybridized carbons (Fsp3) is 0.414. The normalized spacial score (nSPS) is 19.8. The van der Waals surface area contributed by atoms with Crippen molar-refractivity contribution in [3.05, 3.63) is 83.3 Å². The number of piperidine rings is 1. The summed E-state index contributed by atoms with van der Waals surface area (Å²) in [6, 6.07) is 16.2. The van der Waals surface area contributed by atoms with Crippen LogP contribution in [0.3, 0.4) is 0 Å². The van der Waals surface area contributed by atoms with Crippen molar-refractivity contribution >= 4 is 5.91 Å². The molecule has 2 fully saturated rings. The minimum atomic E-state index is -0.527. The number of carbonyl (C=O) groups excluding carboxylic acids is 1. The first kappa shape index (κ1) is 23.5. The number of aromatic nitrogens is 2. The Labute approximate surface area is 207 Å². The van der Waals surface area contributed by atoms with Crippen LogP contribution in [-0.4, -0.2) is 47.1 Å². The third kappa shape index (κ3) is 5.08. The number of likely N-dealkylation sites (tertiary alicyclic amines) is 1. The zero-order valence-corrected chi connectivity index (χ0v) is 20.6. The molecule has 5 rings (SSSR count). The zero-order valence-electron chi connectivity index (χ0n) is 20.6. The predicted molar refractivity (Wildman–Crippen MR) is 135 cm³/mol. The number of ether oxygens (including phenoxy) is 2. The molecule has 0 radical (unpaired) electrons. The highest BCUT2D eigenvalue weighted by atomic mass is 16.5. The lowest BCUT2D eigenvalue weighted by Crippen LogP contribution is -2.52. The number of rotatable bonds is 5. The second kappa shape index (κ2) is 10.2. The molecule has 2 aromatic carbocycles. The van der Waals surface area contributed by atoms with E-state index in [4.69, 9.17) is 14.5 Å². The SMILES string of the molecule is Cc1cc(C)cc(C2(C(=O)N3CCCC(c4cncc(Oc5ccccc5)n4)C3)CCOCC2)c1. The molecule has 0 N–H and O–H groups in total. The summed E-state index contributed by atoms with van der Waals surface area (Å²) in [5, 5.41) is 0. The average molecular weight is 472 g/mol. The Bertz CT molecular complexity index is 1150. The second-order valence-corrected chi connectivity index (χ2v) is 9.86. The zero-order chi connectivity index (χ0) is 24.3. The van der Waals surface area contributed by atoms with Crippen molar-refractivity contribution in [3.8, 4) is 11.6 Å². The summed E-state index contributed by atoms with van der Waals surface area (Å²) in [5.41, 5.74) is 3.87. The number of hydrogen-bond donors (Lipinski definition) is 0. The molecule has 2 saturated heterocycles. The Morgan fingerprint density at radius 3 is 2.54 bits per heavy atom. The summed E-state index contributed by atoms with van der Waals surface area (Å²) in [6.07, 6.45) is 6.81. The van der Waals surface area contributed by atoms with Crippen LogP contribution >= 0.6 is 0 Å². The quantitative estimate of drug-likeness (QED) is 0.503. The molecule has 6 heteroatoms. The summed E-state index contributed by atoms with van der Waals surface area (Å²) >= 11 is 0. The highest BCUT2D eigenvalue weighted by Crippen LogP contribution is 2.39. The number of amides is 1. The minimum absolute atomic E-state index is 0.135. The predicted octanol–water partition coefficient (Wildman–Crippen LogP) is 5.34. The molecule has 6 nitrogen and oxygen atoms in total. The molecule has 2 aliphatic heterocycles. The fourth-order valence-corrected chi connectivity index (χ4v) is 5.52. The van der Waals surface area contributed by atoms with Gasteiger partial charge in [0, 0.05) is 38.4 Å². The largest absolute Gasteiger partial charge is 0.437 e. The van der Waals surface area contributed by atoms with Gasteiger partial charge in [-0.05, 0) is 57.2 Å². The number of nitrogens with zero attached hydrogens (tertiary/aromatic N) is 3. The van der Waals surface area contributed by atoms with Gasteiger partial charge in [0.05, 0.1) is 17.3 Å². The van der Waals surface area contributed by atoms with Gasteiger partial charge in [-0.15, -0.1) is 0 Å². The number of para-hydroxylation sites is 1. The van der Waals surface area contributed by atoms with Crippen molar-refractivity contribution in [1.29, 1.82) is 0 Å². The Kier molecular flexibility index (Phi) is 6.82. The topological polar surface area (TPSA) is 64.6 Å². The third-order valence-electron chi connectivity index (χ3n) is 7.25. The first-order chi connectivity index (χ1) is 17.0. The lowest BCUT2D eigenvalue weighted by molar-refractivity contribution is -0.142. The Morgan fingerprint density at radius 2 is 1.80 bits per heavy atom. The molecule has 0 saturated carbocycles. The van der Waals surface area contributed by atoms with E-state index in [0.717, 1.165) is 49.2 Å². The van der Waals surface area contributed by atoms with E-state index in [9.17, 15) is 4.79 Å². The van der Waals surface area contributed by atoms with Gasteiger partial charge in [0.15, 0.2) is 0 Å². The molecule has 1 amide bonds. The van der Waals surface area contributed by atoms with Crippen LogP contribution in [0.1, 0.15) is 54.0 Å². The summed E-state index contributed by atoms with van der Waals surface area (Å²) in [7, 11) is 0. The van der Waals surface area contributed by atoms with E-state index < -0.39 is 5.41 Å². The van der Waals surface area contributed by atoms with Crippen LogP contribution in [0.5, 0.6) is 11.6 Å². The Hall–Kier alpha value is -3.25. The molecular weight excluding hydrogens is 438 g/mol. The van der Waals surface area contributed by atoms with Crippen molar-refractivity contribution < 1.29 is 14.3 Å². The van der Waals surface area contributed by atoms with Gasteiger partial charge in [0.25, 0.3) is 0 Å². The van der Waals surface area contributed by atoms with E-state index in [1.54, 1.807) is 6.20 Å². The van der Waals surface area contributed by atoms with E-state index in [0.29, 0.717) is 25.6 Å². The van der Waals surface area contributed by atoms with Gasteiger partial charge >= 0.3 is 0 Å². The molecule has 0 bridgehead atoms. The van der Waals surface area contributed by atoms with Crippen molar-refractivity contribution in [2.45, 2.75) is 50.9 Å². The molecule has 1 aromatic heterocycles. The summed E-state index contributed by atoms with van der Waals surface area (Å²) in [5.74, 6) is 1.57. The van der Waals surface area contributed by atoms with Gasteiger partial charge in [0.1, 0.15) is 5.75 Å². The molecule has 1 unspecified atom stereocenters. The van der Waals surface area contributed by atoms with Gasteiger partial charge in [-0.25, -0.2) is 4.98 Å². The van der Waals surface area contributed by atoms with Gasteiger partial charge in [-0.1, -0.05) is 47.5 Å². The molecular formula is C29H33N3O3. The lowest BCUT2D eigenvalue weighted by Gasteiger charge is -2.43. The van der Waals surface area contributed by atoms with Crippen molar-refractivity contribution in [3.63, 3.8) is 0 Å². The Morgan fingerprint density at radius 1 is 1.06 bits per heavy atom. The average Bonchev–Trinajstić information content (AvgIpc) is 2.89. The van der Waals surface area contributed by atoms with E-state index in [1.807, 2.05) is 36.5 Å². The van der Waals surface area contributed by atoms with Gasteiger partial charge in [-0.3, -0.25) is 9.78 Å². The van der Waals surface area contributed by atoms with Crippen LogP contribution in [0.2, 0.25) is 0 Å². The summed E-state index contributed by atoms with van der Waals surface area (Å²) in [4.78, 5) is 25.4. The summed E-state index contributed by atoms with van der Waals surface area (Å²) in [6.45, 7) is 6.86. The maximum Gasteiger partial charge on any atom is 0.238 e. The number of hydrogen-bond acceptors (Lipinski definition) is 5. The number of benzene rings is 2. The minimum Gasteiger partial charge on any atom is -0.437 e. The number of aryl methyl sites for hydroxylation is 2. The van der Waals surface area contributed by atoms with E-state index >= 15 is 0 Å². The highest BCUT2D eigenvalue weighted by molar-refractivity contribution is 5.88. The maximum atomic E-state index is 14.2. The van der Waals surface area contributed by atoms with E-state index in [2.05, 4.69) is 41.9 Å². The molecule has 0 spiro atoms. The standard InChI is InChI=1S/C29H33N3O3/c1-21-15-22(2)17-24(16-21)29(10-13-34-14-11-29)28(33)32-12-6-7-23(20-32)26-18-30-19-27(31-26)35-25-8-4-3-5-9-25/h3-5,8-9,15-19,23H,6-7,10-14,20H2,1-2H3. The van der Waals surface area contributed by atoms with Crippen LogP contribution in [-0.2, 0) is 14.9 Å². The fourth-order valence-electron chi connectivity index (χ4n) is 5.52. The molecule has 182 valence electrons. The van der Waals surface area contributed by atoms with Crippen LogP contribution < -0.4 is 4.74 Å². The van der Waals surface area contributed by atoms with Gasteiger partial charge in [0.2, 0.25) is 11.8 Å². The molecule has 3 heterocycles. The first-order valence-corrected chi connectivity index (χ1v) is 12.5. The molecule has 0 aliphatic carbocycles. The smallest absolute Gasteiger partial charge is 0.238 e. The molecule has 2 aliphatic rings. The molecule has 1 atom stereocenters. The highest BCUT2D eigenvalue weighted by Gasteiger charge is 2.45. The monoisotopic (exact) mass is 471 g/mol. The van der Waals surface area contributed by atoms with Crippen molar-refractivity contribution in [1.82, 2.24) is 14.9 Å². The number of carbonyl (C=O) groups is 1. The molecule has 35 heavy (non-hydrogen) atoms. The van der Waals surface area contributed by atoms with Crippen LogP contribution in [0.25, 0.3) is 0 Å². The van der Waals surface area contributed by atoms with Crippen molar-refractivity contribution in [2.24, 2.45) is 0 Å². The Balaban J connectivity index is 1.38. The van der Waals surface area contributed by atoms with Crippen LogP contribution in [0.4, 0.5) is 0 Å². The van der Waals surface area contributed by atoms with Crippen molar-refractivity contribution in [2.75, 3.05) is 26.3 Å². The lowest BCUT2D eigenvalue weighted by atomic mass is 9.71. The first-order valence-electron chi connectivity index (χ1n) is 12.5. The second-order valence-electron chi connectivity index (χ2n) is 9.86. The van der Waals surface area contributed by atoms with E-state index in [1.165, 1.54) is 11.1 Å². The van der Waals surface area contributed by atoms with E-state index in [-0.39, 0.29) is 11.8 Å². The van der Waals surface area contributed by atoms with Crippen LogP contribution in [0, 0.1) is 13.8 Å².